The molecule has 4 heterocycles. The van der Waals surface area contributed by atoms with Crippen LogP contribution in [0.15, 0.2) is 24.3 Å². The molecule has 2 bridgehead atoms. The standard InChI is InChI=1S/C29H41N3O4/c1-2-35-28(34)32-18-21-10-11-23(32)17-24(16-21)30-14-12-29(13-15-30)20-31(27(33)36-25-7-5-8-25)19-22-6-3-4-9-26(22)29/h3-4,6,9,21,23-25H,2,5,7-8,10-20H2,1H3. The Hall–Kier alpha value is -2.28. The third kappa shape index (κ3) is 4.48. The first-order valence-corrected chi connectivity index (χ1v) is 14.3. The molecule has 3 unspecified atom stereocenters. The SMILES string of the molecule is CCOC(=O)N1CC2CCC1CC(N1CCC3(CC1)CN(C(=O)OC1CCC1)Cc1ccccc13)C2. The molecular weight excluding hydrogens is 454 g/mol. The summed E-state index contributed by atoms with van der Waals surface area (Å²) in [5.74, 6) is 0.571. The highest BCUT2D eigenvalue weighted by atomic mass is 16.6. The van der Waals surface area contributed by atoms with E-state index in [2.05, 4.69) is 29.2 Å². The van der Waals surface area contributed by atoms with E-state index in [1.807, 2.05) is 16.7 Å². The van der Waals surface area contributed by atoms with Crippen molar-refractivity contribution in [3.05, 3.63) is 35.4 Å². The van der Waals surface area contributed by atoms with Gasteiger partial charge in [-0.25, -0.2) is 9.59 Å². The number of rotatable bonds is 3. The Morgan fingerprint density at radius 2 is 1.81 bits per heavy atom. The predicted octanol–water partition coefficient (Wildman–Crippen LogP) is 4.92. The van der Waals surface area contributed by atoms with Gasteiger partial charge in [-0.05, 0) is 94.8 Å². The third-order valence-electron chi connectivity index (χ3n) is 9.75. The number of ether oxygens (including phenoxy) is 2. The van der Waals surface area contributed by atoms with Crippen molar-refractivity contribution in [3.63, 3.8) is 0 Å². The summed E-state index contributed by atoms with van der Waals surface area (Å²) in [6.07, 6.45) is 9.72. The molecule has 7 nitrogen and oxygen atoms in total. The number of hydrogen-bond donors (Lipinski definition) is 0. The summed E-state index contributed by atoms with van der Waals surface area (Å²) in [5.41, 5.74) is 2.72. The maximum absolute atomic E-state index is 13.0. The van der Waals surface area contributed by atoms with E-state index < -0.39 is 0 Å². The molecule has 0 radical (unpaired) electrons. The molecule has 7 heteroatoms. The summed E-state index contributed by atoms with van der Waals surface area (Å²) in [4.78, 5) is 32.3. The predicted molar refractivity (Wildman–Crippen MR) is 137 cm³/mol. The summed E-state index contributed by atoms with van der Waals surface area (Å²) in [7, 11) is 0. The number of fused-ring (bicyclic) bond motifs is 6. The van der Waals surface area contributed by atoms with Crippen molar-refractivity contribution in [2.45, 2.75) is 94.9 Å². The molecule has 5 fully saturated rings. The van der Waals surface area contributed by atoms with E-state index in [1.54, 1.807) is 0 Å². The number of benzene rings is 1. The van der Waals surface area contributed by atoms with Crippen molar-refractivity contribution in [2.75, 3.05) is 32.8 Å². The van der Waals surface area contributed by atoms with Crippen LogP contribution in [-0.2, 0) is 21.4 Å². The minimum absolute atomic E-state index is 0.00462. The van der Waals surface area contributed by atoms with Gasteiger partial charge in [0.05, 0.1) is 6.61 Å². The molecule has 3 atom stereocenters. The first kappa shape index (κ1) is 24.1. The largest absolute Gasteiger partial charge is 0.450 e. The highest BCUT2D eigenvalue weighted by Gasteiger charge is 2.46. The highest BCUT2D eigenvalue weighted by Crippen LogP contribution is 2.44. The maximum atomic E-state index is 13.0. The van der Waals surface area contributed by atoms with Crippen LogP contribution in [0, 0.1) is 5.92 Å². The lowest BCUT2D eigenvalue weighted by molar-refractivity contribution is 0.0102. The second-order valence-electron chi connectivity index (χ2n) is 11.8. The van der Waals surface area contributed by atoms with Gasteiger partial charge in [0.2, 0.25) is 0 Å². The molecule has 0 N–H and O–H groups in total. The minimum atomic E-state index is -0.129. The molecule has 0 aromatic heterocycles. The minimum Gasteiger partial charge on any atom is -0.450 e. The fourth-order valence-corrected chi connectivity index (χ4v) is 7.53. The fraction of sp³-hybridized carbons (Fsp3) is 0.724. The monoisotopic (exact) mass is 495 g/mol. The molecule has 196 valence electrons. The van der Waals surface area contributed by atoms with Crippen molar-refractivity contribution in [1.29, 1.82) is 0 Å². The zero-order chi connectivity index (χ0) is 24.7. The van der Waals surface area contributed by atoms with Gasteiger partial charge in [-0.3, -0.25) is 0 Å². The van der Waals surface area contributed by atoms with Crippen LogP contribution in [0.5, 0.6) is 0 Å². The average molecular weight is 496 g/mol. The zero-order valence-corrected chi connectivity index (χ0v) is 21.7. The van der Waals surface area contributed by atoms with E-state index in [0.717, 1.165) is 64.7 Å². The molecule has 2 aliphatic carbocycles. The Bertz CT molecular complexity index is 971. The van der Waals surface area contributed by atoms with Crippen LogP contribution in [0.25, 0.3) is 0 Å². The Morgan fingerprint density at radius 3 is 2.56 bits per heavy atom. The zero-order valence-electron chi connectivity index (χ0n) is 21.7. The fourth-order valence-electron chi connectivity index (χ4n) is 7.53. The van der Waals surface area contributed by atoms with Crippen LogP contribution in [0.3, 0.4) is 0 Å². The number of nitrogens with zero attached hydrogens (tertiary/aromatic N) is 3. The smallest absolute Gasteiger partial charge is 0.410 e. The molecule has 1 aromatic rings. The van der Waals surface area contributed by atoms with Crippen LogP contribution < -0.4 is 0 Å². The molecule has 36 heavy (non-hydrogen) atoms. The summed E-state index contributed by atoms with van der Waals surface area (Å²) in [6.45, 7) is 6.68. The van der Waals surface area contributed by atoms with Crippen LogP contribution in [0.4, 0.5) is 9.59 Å². The molecule has 2 amide bonds. The molecule has 6 aliphatic rings. The Labute approximate surface area is 215 Å². The highest BCUT2D eigenvalue weighted by molar-refractivity contribution is 5.69. The van der Waals surface area contributed by atoms with Gasteiger partial charge in [0.25, 0.3) is 0 Å². The van der Waals surface area contributed by atoms with Gasteiger partial charge in [0.15, 0.2) is 0 Å². The van der Waals surface area contributed by atoms with Gasteiger partial charge in [0.1, 0.15) is 6.10 Å². The lowest BCUT2D eigenvalue weighted by Gasteiger charge is -2.50. The van der Waals surface area contributed by atoms with E-state index >= 15 is 0 Å². The topological polar surface area (TPSA) is 62.3 Å². The third-order valence-corrected chi connectivity index (χ3v) is 9.75. The Kier molecular flexibility index (Phi) is 6.61. The van der Waals surface area contributed by atoms with E-state index in [4.69, 9.17) is 9.47 Å². The van der Waals surface area contributed by atoms with Crippen molar-refractivity contribution >= 4 is 12.2 Å². The maximum Gasteiger partial charge on any atom is 0.410 e. The summed E-state index contributed by atoms with van der Waals surface area (Å²) in [5, 5.41) is 0. The van der Waals surface area contributed by atoms with E-state index in [9.17, 15) is 9.59 Å². The van der Waals surface area contributed by atoms with Crippen LogP contribution >= 0.6 is 0 Å². The quantitative estimate of drug-likeness (QED) is 0.595. The van der Waals surface area contributed by atoms with Crippen molar-refractivity contribution in [1.82, 2.24) is 14.7 Å². The van der Waals surface area contributed by atoms with E-state index in [1.165, 1.54) is 30.4 Å². The van der Waals surface area contributed by atoms with Gasteiger partial charge >= 0.3 is 12.2 Å². The lowest BCUT2D eigenvalue weighted by atomic mass is 9.68. The van der Waals surface area contributed by atoms with Crippen LogP contribution in [0.1, 0.15) is 75.8 Å². The van der Waals surface area contributed by atoms with Gasteiger partial charge in [0, 0.05) is 37.1 Å². The number of hydrogen-bond acceptors (Lipinski definition) is 5. The van der Waals surface area contributed by atoms with Gasteiger partial charge < -0.3 is 24.2 Å². The molecule has 1 spiro atoms. The first-order valence-electron chi connectivity index (χ1n) is 14.3. The summed E-state index contributed by atoms with van der Waals surface area (Å²) >= 11 is 0. The molecule has 2 saturated carbocycles. The van der Waals surface area contributed by atoms with Crippen LogP contribution in [0.2, 0.25) is 0 Å². The lowest BCUT2D eigenvalue weighted by Crippen LogP contribution is -2.55. The number of likely N-dealkylation sites (tertiary alicyclic amines) is 1. The van der Waals surface area contributed by atoms with Gasteiger partial charge in [-0.15, -0.1) is 0 Å². The number of carbonyl (C=O) groups excluding carboxylic acids is 2. The molecule has 7 rings (SSSR count). The summed E-state index contributed by atoms with van der Waals surface area (Å²) < 4.78 is 11.2. The molecule has 4 aliphatic heterocycles. The van der Waals surface area contributed by atoms with Crippen molar-refractivity contribution in [3.8, 4) is 0 Å². The Morgan fingerprint density at radius 1 is 1.00 bits per heavy atom. The molecular formula is C29H41N3O4. The first-order chi connectivity index (χ1) is 17.5. The number of piperidine rings is 2. The van der Waals surface area contributed by atoms with Crippen LogP contribution in [-0.4, -0.2) is 77.9 Å². The summed E-state index contributed by atoms with van der Waals surface area (Å²) in [6, 6.07) is 9.57. The van der Waals surface area contributed by atoms with Crippen molar-refractivity contribution in [2.24, 2.45) is 5.92 Å². The van der Waals surface area contributed by atoms with E-state index in [-0.39, 0.29) is 23.7 Å². The van der Waals surface area contributed by atoms with Gasteiger partial charge in [-0.2, -0.15) is 0 Å². The molecule has 1 aromatic carbocycles. The van der Waals surface area contributed by atoms with Gasteiger partial charge in [-0.1, -0.05) is 24.3 Å². The van der Waals surface area contributed by atoms with E-state index in [0.29, 0.717) is 31.2 Å². The molecule has 3 saturated heterocycles. The van der Waals surface area contributed by atoms with Crippen molar-refractivity contribution < 1.29 is 19.1 Å². The second kappa shape index (κ2) is 9.88. The average Bonchev–Trinajstić information content (AvgIpc) is 3.19. The number of carbonyl (C=O) groups is 2. The Balaban J connectivity index is 1.15. The number of amides is 2. The normalized spacial score (nSPS) is 29.9. The second-order valence-corrected chi connectivity index (χ2v) is 11.8.